The number of anilines is 1. The van der Waals surface area contributed by atoms with Crippen LogP contribution in [0.3, 0.4) is 0 Å². The van der Waals surface area contributed by atoms with Crippen molar-refractivity contribution < 1.29 is 9.18 Å². The number of hydrogen-bond acceptors (Lipinski definition) is 1. The number of amides is 1. The van der Waals surface area contributed by atoms with E-state index in [9.17, 15) is 9.18 Å². The fourth-order valence-electron chi connectivity index (χ4n) is 1.60. The van der Waals surface area contributed by atoms with Gasteiger partial charge in [-0.2, -0.15) is 0 Å². The lowest BCUT2D eigenvalue weighted by Crippen LogP contribution is -2.23. The zero-order valence-corrected chi connectivity index (χ0v) is 9.05. The summed E-state index contributed by atoms with van der Waals surface area (Å²) < 4.78 is 13.4. The van der Waals surface area contributed by atoms with E-state index < -0.39 is 0 Å². The highest BCUT2D eigenvalue weighted by molar-refractivity contribution is 9.10. The Labute approximate surface area is 89.8 Å². The van der Waals surface area contributed by atoms with Crippen LogP contribution in [0.5, 0.6) is 0 Å². The predicted octanol–water partition coefficient (Wildman–Crippen LogP) is 2.72. The molecule has 1 saturated heterocycles. The molecule has 1 amide bonds. The Balaban J connectivity index is 2.36. The second-order valence-electron chi connectivity index (χ2n) is 3.24. The van der Waals surface area contributed by atoms with E-state index in [1.54, 1.807) is 11.0 Å². The topological polar surface area (TPSA) is 20.3 Å². The van der Waals surface area contributed by atoms with Crippen molar-refractivity contribution in [2.75, 3.05) is 11.4 Å². The molecule has 14 heavy (non-hydrogen) atoms. The van der Waals surface area contributed by atoms with Crippen LogP contribution in [0.2, 0.25) is 0 Å². The van der Waals surface area contributed by atoms with Crippen LogP contribution in [0.25, 0.3) is 0 Å². The molecule has 0 aliphatic carbocycles. The summed E-state index contributed by atoms with van der Waals surface area (Å²) in [5, 5.41) is 0. The fourth-order valence-corrected chi connectivity index (χ4v) is 2.17. The van der Waals surface area contributed by atoms with Gasteiger partial charge >= 0.3 is 0 Å². The molecule has 1 aromatic carbocycles. The highest BCUT2D eigenvalue weighted by Crippen LogP contribution is 2.29. The van der Waals surface area contributed by atoms with Gasteiger partial charge in [0.1, 0.15) is 5.82 Å². The Morgan fingerprint density at radius 1 is 1.43 bits per heavy atom. The molecule has 0 N–H and O–H groups in total. The van der Waals surface area contributed by atoms with Crippen LogP contribution >= 0.6 is 15.9 Å². The number of carbonyl (C=O) groups excluding carboxylic acids is 1. The zero-order valence-electron chi connectivity index (χ0n) is 7.46. The van der Waals surface area contributed by atoms with E-state index in [1.807, 2.05) is 0 Å². The summed E-state index contributed by atoms with van der Waals surface area (Å²) in [6, 6.07) is 4.37. The summed E-state index contributed by atoms with van der Waals surface area (Å²) in [5.74, 6) is -0.190. The first kappa shape index (κ1) is 9.65. The maximum atomic E-state index is 12.8. The summed E-state index contributed by atoms with van der Waals surface area (Å²) in [7, 11) is 0. The van der Waals surface area contributed by atoms with Crippen molar-refractivity contribution in [3.05, 3.63) is 28.5 Å². The van der Waals surface area contributed by atoms with Gasteiger partial charge in [-0.15, -0.1) is 0 Å². The summed E-state index contributed by atoms with van der Waals surface area (Å²) in [6.45, 7) is 0.725. The summed E-state index contributed by atoms with van der Waals surface area (Å²) in [5.41, 5.74) is 0.758. The third-order valence-corrected chi connectivity index (χ3v) is 2.91. The van der Waals surface area contributed by atoms with Crippen LogP contribution in [0.4, 0.5) is 10.1 Å². The van der Waals surface area contributed by atoms with E-state index in [0.29, 0.717) is 10.9 Å². The highest BCUT2D eigenvalue weighted by atomic mass is 79.9. The Morgan fingerprint density at radius 3 is 2.79 bits per heavy atom. The van der Waals surface area contributed by atoms with Crippen molar-refractivity contribution in [2.45, 2.75) is 12.8 Å². The molecule has 1 aliphatic heterocycles. The van der Waals surface area contributed by atoms with Crippen LogP contribution in [0, 0.1) is 5.82 Å². The molecule has 1 fully saturated rings. The largest absolute Gasteiger partial charge is 0.311 e. The molecule has 0 atom stereocenters. The molecule has 0 unspecified atom stereocenters. The normalized spacial score (nSPS) is 16.4. The first-order chi connectivity index (χ1) is 6.68. The van der Waals surface area contributed by atoms with Gasteiger partial charge in [0.15, 0.2) is 0 Å². The maximum absolute atomic E-state index is 12.8. The van der Waals surface area contributed by atoms with E-state index in [0.717, 1.165) is 18.7 Å². The second kappa shape index (κ2) is 3.69. The van der Waals surface area contributed by atoms with E-state index in [2.05, 4.69) is 15.9 Å². The lowest BCUT2D eigenvalue weighted by molar-refractivity contribution is -0.117. The quantitative estimate of drug-likeness (QED) is 0.758. The number of rotatable bonds is 1. The molecule has 1 heterocycles. The van der Waals surface area contributed by atoms with Gasteiger partial charge in [0.25, 0.3) is 0 Å². The first-order valence-corrected chi connectivity index (χ1v) is 5.23. The van der Waals surface area contributed by atoms with E-state index in [1.165, 1.54) is 12.1 Å². The van der Waals surface area contributed by atoms with Crippen molar-refractivity contribution in [1.29, 1.82) is 0 Å². The molecule has 0 aromatic heterocycles. The van der Waals surface area contributed by atoms with Gasteiger partial charge < -0.3 is 4.90 Å². The van der Waals surface area contributed by atoms with Gasteiger partial charge in [0.2, 0.25) is 5.91 Å². The Morgan fingerprint density at radius 2 is 2.21 bits per heavy atom. The van der Waals surface area contributed by atoms with E-state index in [-0.39, 0.29) is 11.7 Å². The molecular formula is C10H9BrFNO. The van der Waals surface area contributed by atoms with Gasteiger partial charge in [-0.1, -0.05) is 0 Å². The highest BCUT2D eigenvalue weighted by Gasteiger charge is 2.23. The van der Waals surface area contributed by atoms with Crippen molar-refractivity contribution in [1.82, 2.24) is 0 Å². The van der Waals surface area contributed by atoms with Gasteiger partial charge in [-0.3, -0.25) is 4.79 Å². The number of benzene rings is 1. The van der Waals surface area contributed by atoms with Crippen molar-refractivity contribution in [2.24, 2.45) is 0 Å². The Kier molecular flexibility index (Phi) is 2.54. The molecule has 2 rings (SSSR count). The van der Waals surface area contributed by atoms with Gasteiger partial charge in [0, 0.05) is 17.4 Å². The molecular weight excluding hydrogens is 249 g/mol. The van der Waals surface area contributed by atoms with Gasteiger partial charge in [0.05, 0.1) is 5.69 Å². The average molecular weight is 258 g/mol. The Hall–Kier alpha value is -0.900. The smallest absolute Gasteiger partial charge is 0.227 e. The molecule has 0 spiro atoms. The monoisotopic (exact) mass is 257 g/mol. The summed E-state index contributed by atoms with van der Waals surface area (Å²) >= 11 is 3.25. The van der Waals surface area contributed by atoms with E-state index in [4.69, 9.17) is 0 Å². The standard InChI is InChI=1S/C10H9BrFNO/c11-8-6-7(12)3-4-9(8)13-5-1-2-10(13)14/h3-4,6H,1-2,5H2. The summed E-state index contributed by atoms with van der Waals surface area (Å²) in [6.07, 6.45) is 1.46. The molecule has 0 saturated carbocycles. The lowest BCUT2D eigenvalue weighted by atomic mass is 10.3. The molecule has 0 bridgehead atoms. The van der Waals surface area contributed by atoms with E-state index >= 15 is 0 Å². The molecule has 1 aliphatic rings. The molecule has 1 aromatic rings. The summed E-state index contributed by atoms with van der Waals surface area (Å²) in [4.78, 5) is 13.1. The third kappa shape index (κ3) is 1.66. The fraction of sp³-hybridized carbons (Fsp3) is 0.300. The van der Waals surface area contributed by atoms with Crippen molar-refractivity contribution in [3.63, 3.8) is 0 Å². The van der Waals surface area contributed by atoms with Gasteiger partial charge in [-0.25, -0.2) is 4.39 Å². The van der Waals surface area contributed by atoms with Gasteiger partial charge in [-0.05, 0) is 40.5 Å². The predicted molar refractivity (Wildman–Crippen MR) is 55.7 cm³/mol. The molecule has 74 valence electrons. The molecule has 4 heteroatoms. The number of nitrogens with zero attached hydrogens (tertiary/aromatic N) is 1. The lowest BCUT2D eigenvalue weighted by Gasteiger charge is -2.17. The Bertz CT molecular complexity index is 380. The minimum Gasteiger partial charge on any atom is -0.311 e. The van der Waals surface area contributed by atoms with Crippen LogP contribution in [-0.2, 0) is 4.79 Å². The zero-order chi connectivity index (χ0) is 10.1. The molecule has 0 radical (unpaired) electrons. The molecule has 2 nitrogen and oxygen atoms in total. The van der Waals surface area contributed by atoms with Crippen molar-refractivity contribution in [3.8, 4) is 0 Å². The number of halogens is 2. The van der Waals surface area contributed by atoms with Crippen molar-refractivity contribution >= 4 is 27.5 Å². The van der Waals surface area contributed by atoms with Crippen LogP contribution in [-0.4, -0.2) is 12.5 Å². The maximum Gasteiger partial charge on any atom is 0.227 e. The average Bonchev–Trinajstić information content (AvgIpc) is 2.52. The second-order valence-corrected chi connectivity index (χ2v) is 4.10. The first-order valence-electron chi connectivity index (χ1n) is 4.44. The SMILES string of the molecule is O=C1CCCN1c1ccc(F)cc1Br. The van der Waals surface area contributed by atoms with Crippen LogP contribution < -0.4 is 4.90 Å². The number of carbonyl (C=O) groups is 1. The minimum atomic E-state index is -0.299. The third-order valence-electron chi connectivity index (χ3n) is 2.27. The minimum absolute atomic E-state index is 0.109. The number of hydrogen-bond donors (Lipinski definition) is 0. The van der Waals surface area contributed by atoms with Crippen LogP contribution in [0.15, 0.2) is 22.7 Å². The van der Waals surface area contributed by atoms with Crippen LogP contribution in [0.1, 0.15) is 12.8 Å².